The zero-order valence-corrected chi connectivity index (χ0v) is 10.2. The Kier molecular flexibility index (Phi) is 3.13. The normalized spacial score (nSPS) is 12.5. The van der Waals surface area contributed by atoms with Crippen LogP contribution in [-0.4, -0.2) is 9.55 Å². The minimum atomic E-state index is -0.170. The van der Waals surface area contributed by atoms with Gasteiger partial charge in [-0.05, 0) is 31.0 Å². The van der Waals surface area contributed by atoms with Crippen LogP contribution in [0.2, 0.25) is 0 Å². The van der Waals surface area contributed by atoms with Crippen molar-refractivity contribution in [1.82, 2.24) is 9.55 Å². The second-order valence-electron chi connectivity index (χ2n) is 4.24. The minimum absolute atomic E-state index is 0.0196. The molecule has 1 aromatic carbocycles. The van der Waals surface area contributed by atoms with Gasteiger partial charge in [-0.15, -0.1) is 0 Å². The molecule has 0 radical (unpaired) electrons. The molecule has 0 amide bonds. The SMILES string of the molecule is Cc1ccc(C(C)Nc2nccn2C)cc1F. The van der Waals surface area contributed by atoms with Crippen LogP contribution in [0.15, 0.2) is 30.6 Å². The summed E-state index contributed by atoms with van der Waals surface area (Å²) in [5.74, 6) is 0.606. The molecule has 0 aliphatic rings. The van der Waals surface area contributed by atoms with Gasteiger partial charge in [-0.3, -0.25) is 0 Å². The number of aromatic nitrogens is 2. The van der Waals surface area contributed by atoms with Gasteiger partial charge in [0.2, 0.25) is 5.95 Å². The summed E-state index contributed by atoms with van der Waals surface area (Å²) in [5.41, 5.74) is 1.58. The highest BCUT2D eigenvalue weighted by atomic mass is 19.1. The fraction of sp³-hybridized carbons (Fsp3) is 0.308. The zero-order chi connectivity index (χ0) is 12.4. The zero-order valence-electron chi connectivity index (χ0n) is 10.2. The third-order valence-corrected chi connectivity index (χ3v) is 2.86. The first-order valence-electron chi connectivity index (χ1n) is 5.58. The molecule has 1 N–H and O–H groups in total. The minimum Gasteiger partial charge on any atom is -0.349 e. The Labute approximate surface area is 100 Å². The lowest BCUT2D eigenvalue weighted by Gasteiger charge is -2.15. The second kappa shape index (κ2) is 4.57. The number of halogens is 1. The number of benzene rings is 1. The Morgan fingerprint density at radius 1 is 1.41 bits per heavy atom. The van der Waals surface area contributed by atoms with Crippen molar-refractivity contribution in [2.24, 2.45) is 7.05 Å². The molecule has 0 fully saturated rings. The van der Waals surface area contributed by atoms with Crippen molar-refractivity contribution in [2.45, 2.75) is 19.9 Å². The second-order valence-corrected chi connectivity index (χ2v) is 4.24. The van der Waals surface area contributed by atoms with Crippen molar-refractivity contribution in [3.05, 3.63) is 47.5 Å². The number of rotatable bonds is 3. The van der Waals surface area contributed by atoms with Crippen LogP contribution in [0.5, 0.6) is 0 Å². The number of anilines is 1. The fourth-order valence-corrected chi connectivity index (χ4v) is 1.66. The highest BCUT2D eigenvalue weighted by Crippen LogP contribution is 2.19. The van der Waals surface area contributed by atoms with E-state index in [0.717, 1.165) is 11.5 Å². The molecule has 90 valence electrons. The molecule has 0 bridgehead atoms. The van der Waals surface area contributed by atoms with Gasteiger partial charge in [0.1, 0.15) is 5.82 Å². The third-order valence-electron chi connectivity index (χ3n) is 2.86. The summed E-state index contributed by atoms with van der Waals surface area (Å²) in [4.78, 5) is 4.18. The predicted molar refractivity (Wildman–Crippen MR) is 66.4 cm³/mol. The van der Waals surface area contributed by atoms with Gasteiger partial charge in [0.25, 0.3) is 0 Å². The maximum atomic E-state index is 13.4. The Bertz CT molecular complexity index is 519. The van der Waals surface area contributed by atoms with Crippen molar-refractivity contribution in [2.75, 3.05) is 5.32 Å². The number of nitrogens with zero attached hydrogens (tertiary/aromatic N) is 2. The van der Waals surface area contributed by atoms with Crippen molar-refractivity contribution < 1.29 is 4.39 Å². The third kappa shape index (κ3) is 2.46. The van der Waals surface area contributed by atoms with Crippen molar-refractivity contribution in [1.29, 1.82) is 0 Å². The molecule has 0 aliphatic carbocycles. The monoisotopic (exact) mass is 233 g/mol. The average molecular weight is 233 g/mol. The van der Waals surface area contributed by atoms with Gasteiger partial charge >= 0.3 is 0 Å². The van der Waals surface area contributed by atoms with E-state index in [0.29, 0.717) is 5.56 Å². The molecule has 1 atom stereocenters. The Morgan fingerprint density at radius 2 is 2.18 bits per heavy atom. The number of hydrogen-bond donors (Lipinski definition) is 1. The van der Waals surface area contributed by atoms with Crippen molar-refractivity contribution >= 4 is 5.95 Å². The van der Waals surface area contributed by atoms with E-state index in [1.165, 1.54) is 0 Å². The van der Waals surface area contributed by atoms with Crippen LogP contribution in [-0.2, 0) is 7.05 Å². The molecule has 17 heavy (non-hydrogen) atoms. The van der Waals surface area contributed by atoms with E-state index >= 15 is 0 Å². The van der Waals surface area contributed by atoms with Crippen molar-refractivity contribution in [3.8, 4) is 0 Å². The lowest BCUT2D eigenvalue weighted by atomic mass is 10.1. The Morgan fingerprint density at radius 3 is 2.76 bits per heavy atom. The number of hydrogen-bond acceptors (Lipinski definition) is 2. The standard InChI is InChI=1S/C13H16FN3/c1-9-4-5-11(8-12(9)14)10(2)16-13-15-6-7-17(13)3/h4-8,10H,1-3H3,(H,15,16). The molecule has 0 saturated heterocycles. The van der Waals surface area contributed by atoms with Crippen LogP contribution in [0.3, 0.4) is 0 Å². The molecule has 0 saturated carbocycles. The Balaban J connectivity index is 2.17. The van der Waals surface area contributed by atoms with Crippen LogP contribution >= 0.6 is 0 Å². The molecule has 0 aliphatic heterocycles. The van der Waals surface area contributed by atoms with Crippen molar-refractivity contribution in [3.63, 3.8) is 0 Å². The maximum Gasteiger partial charge on any atom is 0.202 e. The van der Waals surface area contributed by atoms with E-state index in [2.05, 4.69) is 10.3 Å². The predicted octanol–water partition coefficient (Wildman–Crippen LogP) is 3.04. The summed E-state index contributed by atoms with van der Waals surface area (Å²) in [5, 5.41) is 3.24. The van der Waals surface area contributed by atoms with Gasteiger partial charge in [-0.2, -0.15) is 0 Å². The van der Waals surface area contributed by atoms with E-state index in [1.807, 2.05) is 30.8 Å². The Hall–Kier alpha value is -1.84. The van der Waals surface area contributed by atoms with Gasteiger partial charge in [0.15, 0.2) is 0 Å². The highest BCUT2D eigenvalue weighted by molar-refractivity contribution is 5.34. The summed E-state index contributed by atoms with van der Waals surface area (Å²) in [7, 11) is 1.91. The van der Waals surface area contributed by atoms with Gasteiger partial charge in [0.05, 0.1) is 6.04 Å². The van der Waals surface area contributed by atoms with Gasteiger partial charge in [-0.25, -0.2) is 9.37 Å². The molecule has 2 aromatic rings. The summed E-state index contributed by atoms with van der Waals surface area (Å²) in [6.07, 6.45) is 3.59. The van der Waals surface area contributed by atoms with Crippen LogP contribution in [0.1, 0.15) is 24.1 Å². The molecule has 1 aromatic heterocycles. The smallest absolute Gasteiger partial charge is 0.202 e. The molecule has 1 unspecified atom stereocenters. The van der Waals surface area contributed by atoms with Gasteiger partial charge < -0.3 is 9.88 Å². The first-order chi connectivity index (χ1) is 8.08. The molecular weight excluding hydrogens is 217 g/mol. The van der Waals surface area contributed by atoms with Crippen LogP contribution < -0.4 is 5.32 Å². The maximum absolute atomic E-state index is 13.4. The van der Waals surface area contributed by atoms with Crippen LogP contribution in [0, 0.1) is 12.7 Å². The lowest BCUT2D eigenvalue weighted by Crippen LogP contribution is -2.10. The molecule has 1 heterocycles. The summed E-state index contributed by atoms with van der Waals surface area (Å²) in [6, 6.07) is 5.31. The molecule has 4 heteroatoms. The first kappa shape index (κ1) is 11.6. The fourth-order valence-electron chi connectivity index (χ4n) is 1.66. The average Bonchev–Trinajstić information content (AvgIpc) is 2.68. The molecule has 3 nitrogen and oxygen atoms in total. The number of nitrogens with one attached hydrogen (secondary N) is 1. The van der Waals surface area contributed by atoms with Crippen LogP contribution in [0.25, 0.3) is 0 Å². The lowest BCUT2D eigenvalue weighted by molar-refractivity contribution is 0.614. The van der Waals surface area contributed by atoms with E-state index in [-0.39, 0.29) is 11.9 Å². The van der Waals surface area contributed by atoms with Gasteiger partial charge in [0, 0.05) is 19.4 Å². The van der Waals surface area contributed by atoms with E-state index in [1.54, 1.807) is 25.3 Å². The quantitative estimate of drug-likeness (QED) is 0.883. The molecule has 2 rings (SSSR count). The van der Waals surface area contributed by atoms with Gasteiger partial charge in [-0.1, -0.05) is 12.1 Å². The number of imidazole rings is 1. The molecular formula is C13H16FN3. The summed E-state index contributed by atoms with van der Waals surface area (Å²) >= 11 is 0. The van der Waals surface area contributed by atoms with E-state index in [9.17, 15) is 4.39 Å². The summed E-state index contributed by atoms with van der Waals surface area (Å²) in [6.45, 7) is 3.74. The highest BCUT2D eigenvalue weighted by Gasteiger charge is 2.09. The number of aryl methyl sites for hydroxylation is 2. The first-order valence-corrected chi connectivity index (χ1v) is 5.58. The summed E-state index contributed by atoms with van der Waals surface area (Å²) < 4.78 is 15.3. The van der Waals surface area contributed by atoms with E-state index in [4.69, 9.17) is 0 Å². The largest absolute Gasteiger partial charge is 0.349 e. The topological polar surface area (TPSA) is 29.9 Å². The van der Waals surface area contributed by atoms with E-state index < -0.39 is 0 Å². The molecule has 0 spiro atoms. The van der Waals surface area contributed by atoms with Crippen LogP contribution in [0.4, 0.5) is 10.3 Å².